The molecule has 0 radical (unpaired) electrons. The molecular weight excluding hydrogens is 216 g/mol. The van der Waals surface area contributed by atoms with E-state index in [0.717, 1.165) is 39.0 Å². The first-order valence-corrected chi connectivity index (χ1v) is 6.69. The summed E-state index contributed by atoms with van der Waals surface area (Å²) >= 11 is 0. The third-order valence-electron chi connectivity index (χ3n) is 3.86. The van der Waals surface area contributed by atoms with Gasteiger partial charge in [-0.1, -0.05) is 0 Å². The molecule has 0 aromatic rings. The Balaban J connectivity index is 2.20. The Morgan fingerprint density at radius 1 is 1.47 bits per heavy atom. The minimum Gasteiger partial charge on any atom is -0.393 e. The number of aliphatic hydroxyl groups excluding tert-OH is 1. The van der Waals surface area contributed by atoms with E-state index in [1.54, 1.807) is 4.90 Å². The predicted octanol–water partition coefficient (Wildman–Crippen LogP) is 0.948. The number of likely N-dealkylation sites (tertiary alicyclic amines) is 1. The lowest BCUT2D eigenvalue weighted by Crippen LogP contribution is -2.39. The Hall–Kier alpha value is -0.610. The molecule has 0 spiro atoms. The molecule has 1 atom stereocenters. The van der Waals surface area contributed by atoms with Crippen molar-refractivity contribution in [3.8, 4) is 0 Å². The van der Waals surface area contributed by atoms with Crippen molar-refractivity contribution in [2.24, 2.45) is 5.92 Å². The first kappa shape index (κ1) is 14.5. The van der Waals surface area contributed by atoms with Gasteiger partial charge in [0.25, 0.3) is 0 Å². The Morgan fingerprint density at radius 3 is 2.53 bits per heavy atom. The molecule has 1 aliphatic heterocycles. The van der Waals surface area contributed by atoms with E-state index in [1.807, 2.05) is 20.9 Å². The van der Waals surface area contributed by atoms with E-state index in [4.69, 9.17) is 0 Å². The summed E-state index contributed by atoms with van der Waals surface area (Å²) in [5.74, 6) is 0.672. The third kappa shape index (κ3) is 4.64. The van der Waals surface area contributed by atoms with Crippen molar-refractivity contribution >= 4 is 5.91 Å². The van der Waals surface area contributed by atoms with Gasteiger partial charge in [0.1, 0.15) is 0 Å². The molecule has 0 bridgehead atoms. The molecule has 1 amide bonds. The van der Waals surface area contributed by atoms with Crippen LogP contribution in [0.5, 0.6) is 0 Å². The van der Waals surface area contributed by atoms with Crippen LogP contribution in [0.2, 0.25) is 0 Å². The summed E-state index contributed by atoms with van der Waals surface area (Å²) in [6, 6.07) is 0. The largest absolute Gasteiger partial charge is 0.393 e. The number of hydrogen-bond acceptors (Lipinski definition) is 3. The molecule has 17 heavy (non-hydrogen) atoms. The number of carbonyl (C=O) groups is 1. The molecule has 100 valence electrons. The second-order valence-corrected chi connectivity index (χ2v) is 5.08. The van der Waals surface area contributed by atoms with Crippen molar-refractivity contribution in [2.75, 3.05) is 33.2 Å². The molecule has 1 N–H and O–H groups in total. The summed E-state index contributed by atoms with van der Waals surface area (Å²) in [7, 11) is 1.85. The lowest BCUT2D eigenvalue weighted by atomic mass is 9.92. The molecule has 4 heteroatoms. The second-order valence-electron chi connectivity index (χ2n) is 5.08. The van der Waals surface area contributed by atoms with E-state index in [1.165, 1.54) is 0 Å². The number of carbonyl (C=O) groups excluding carboxylic acids is 1. The van der Waals surface area contributed by atoms with Crippen LogP contribution >= 0.6 is 0 Å². The van der Waals surface area contributed by atoms with Crippen LogP contribution in [-0.4, -0.2) is 60.1 Å². The van der Waals surface area contributed by atoms with Crippen molar-refractivity contribution in [2.45, 2.75) is 39.2 Å². The molecule has 0 aliphatic carbocycles. The first-order chi connectivity index (χ1) is 8.04. The zero-order chi connectivity index (χ0) is 12.8. The van der Waals surface area contributed by atoms with Crippen LogP contribution in [0.15, 0.2) is 0 Å². The van der Waals surface area contributed by atoms with Gasteiger partial charge in [0, 0.05) is 26.6 Å². The van der Waals surface area contributed by atoms with Gasteiger partial charge in [-0.05, 0) is 45.7 Å². The monoisotopic (exact) mass is 242 g/mol. The summed E-state index contributed by atoms with van der Waals surface area (Å²) < 4.78 is 0. The fourth-order valence-electron chi connectivity index (χ4n) is 2.28. The average Bonchev–Trinajstić information content (AvgIpc) is 2.35. The fourth-order valence-corrected chi connectivity index (χ4v) is 2.28. The molecule has 0 aromatic carbocycles. The highest BCUT2D eigenvalue weighted by Gasteiger charge is 2.22. The van der Waals surface area contributed by atoms with Gasteiger partial charge < -0.3 is 14.9 Å². The Morgan fingerprint density at radius 2 is 2.06 bits per heavy atom. The Kier molecular flexibility index (Phi) is 5.92. The maximum absolute atomic E-state index is 11.6. The molecule has 1 unspecified atom stereocenters. The van der Waals surface area contributed by atoms with Crippen LogP contribution in [0.4, 0.5) is 0 Å². The summed E-state index contributed by atoms with van der Waals surface area (Å²) in [5, 5.41) is 9.51. The minimum absolute atomic E-state index is 0.190. The van der Waals surface area contributed by atoms with E-state index in [9.17, 15) is 9.90 Å². The van der Waals surface area contributed by atoms with Crippen LogP contribution in [0.3, 0.4) is 0 Å². The average molecular weight is 242 g/mol. The van der Waals surface area contributed by atoms with Crippen molar-refractivity contribution in [3.63, 3.8) is 0 Å². The van der Waals surface area contributed by atoms with E-state index in [2.05, 4.69) is 4.90 Å². The highest BCUT2D eigenvalue weighted by atomic mass is 16.3. The zero-order valence-electron chi connectivity index (χ0n) is 11.4. The van der Waals surface area contributed by atoms with Crippen molar-refractivity contribution in [1.82, 2.24) is 9.80 Å². The van der Waals surface area contributed by atoms with Gasteiger partial charge in [0.05, 0.1) is 6.10 Å². The first-order valence-electron chi connectivity index (χ1n) is 6.69. The van der Waals surface area contributed by atoms with Crippen molar-refractivity contribution in [1.29, 1.82) is 0 Å². The van der Waals surface area contributed by atoms with E-state index >= 15 is 0 Å². The zero-order valence-corrected chi connectivity index (χ0v) is 11.4. The van der Waals surface area contributed by atoms with Gasteiger partial charge in [-0.15, -0.1) is 0 Å². The topological polar surface area (TPSA) is 43.8 Å². The number of aliphatic hydroxyl groups is 1. The minimum atomic E-state index is -0.190. The second kappa shape index (κ2) is 6.97. The number of rotatable bonds is 5. The van der Waals surface area contributed by atoms with Crippen LogP contribution in [-0.2, 0) is 4.79 Å². The van der Waals surface area contributed by atoms with Gasteiger partial charge in [0.15, 0.2) is 0 Å². The normalized spacial score (nSPS) is 20.2. The summed E-state index contributed by atoms with van der Waals surface area (Å²) in [6.07, 6.45) is 2.53. The highest BCUT2D eigenvalue weighted by Crippen LogP contribution is 2.20. The maximum Gasteiger partial charge on any atom is 0.223 e. The lowest BCUT2D eigenvalue weighted by molar-refractivity contribution is -0.130. The molecule has 1 fully saturated rings. The van der Waals surface area contributed by atoms with Gasteiger partial charge >= 0.3 is 0 Å². The van der Waals surface area contributed by atoms with Gasteiger partial charge in [-0.2, -0.15) is 0 Å². The molecule has 1 aliphatic rings. The van der Waals surface area contributed by atoms with Crippen molar-refractivity contribution in [3.05, 3.63) is 0 Å². The fraction of sp³-hybridized carbons (Fsp3) is 0.923. The number of amides is 1. The number of hydrogen-bond donors (Lipinski definition) is 1. The Bertz CT molecular complexity index is 236. The molecule has 1 rings (SSSR count). The molecule has 1 heterocycles. The van der Waals surface area contributed by atoms with Crippen molar-refractivity contribution < 1.29 is 9.90 Å². The van der Waals surface area contributed by atoms with Crippen LogP contribution in [0.25, 0.3) is 0 Å². The summed E-state index contributed by atoms with van der Waals surface area (Å²) in [5.41, 5.74) is 0. The van der Waals surface area contributed by atoms with Gasteiger partial charge in [-0.25, -0.2) is 0 Å². The third-order valence-corrected chi connectivity index (χ3v) is 3.86. The molecule has 0 aromatic heterocycles. The standard InChI is InChI=1S/C13H26N2O2/c1-4-14(3)13(17)7-10-15-8-5-12(6-9-15)11(2)16/h11-12,16H,4-10H2,1-3H3. The van der Waals surface area contributed by atoms with E-state index < -0.39 is 0 Å². The molecule has 0 saturated carbocycles. The Labute approximate surface area is 105 Å². The number of nitrogens with zero attached hydrogens (tertiary/aromatic N) is 2. The van der Waals surface area contributed by atoms with E-state index in [0.29, 0.717) is 12.3 Å². The summed E-state index contributed by atoms with van der Waals surface area (Å²) in [4.78, 5) is 15.7. The molecule has 4 nitrogen and oxygen atoms in total. The lowest BCUT2D eigenvalue weighted by Gasteiger charge is -2.33. The van der Waals surface area contributed by atoms with Gasteiger partial charge in [0.2, 0.25) is 5.91 Å². The van der Waals surface area contributed by atoms with Crippen LogP contribution in [0.1, 0.15) is 33.1 Å². The maximum atomic E-state index is 11.6. The van der Waals surface area contributed by atoms with E-state index in [-0.39, 0.29) is 12.0 Å². The van der Waals surface area contributed by atoms with Crippen LogP contribution < -0.4 is 0 Å². The molecule has 1 saturated heterocycles. The number of piperidine rings is 1. The predicted molar refractivity (Wildman–Crippen MR) is 68.8 cm³/mol. The summed E-state index contributed by atoms with van der Waals surface area (Å²) in [6.45, 7) is 7.53. The highest BCUT2D eigenvalue weighted by molar-refractivity contribution is 5.75. The quantitative estimate of drug-likeness (QED) is 0.780. The molecular formula is C13H26N2O2. The van der Waals surface area contributed by atoms with Gasteiger partial charge in [-0.3, -0.25) is 4.79 Å². The smallest absolute Gasteiger partial charge is 0.223 e. The SMILES string of the molecule is CCN(C)C(=O)CCN1CCC(C(C)O)CC1. The van der Waals surface area contributed by atoms with Crippen LogP contribution in [0, 0.1) is 5.92 Å².